The van der Waals surface area contributed by atoms with E-state index in [2.05, 4.69) is 29.0 Å². The molecule has 0 saturated carbocycles. The van der Waals surface area contributed by atoms with Crippen molar-refractivity contribution in [3.05, 3.63) is 23.9 Å². The van der Waals surface area contributed by atoms with Crippen LogP contribution in [-0.4, -0.2) is 54.4 Å². The van der Waals surface area contributed by atoms with Crippen LogP contribution in [0.3, 0.4) is 0 Å². The zero-order valence-corrected chi connectivity index (χ0v) is 13.9. The monoisotopic (exact) mass is 306 g/mol. The van der Waals surface area contributed by atoms with Gasteiger partial charge in [-0.3, -0.25) is 9.59 Å². The molecule has 0 fully saturated rings. The zero-order chi connectivity index (χ0) is 16.5. The Hall–Kier alpha value is -2.11. The number of nitrogens with zero attached hydrogens (tertiary/aromatic N) is 3. The summed E-state index contributed by atoms with van der Waals surface area (Å²) in [7, 11) is 0. The second-order valence-electron chi connectivity index (χ2n) is 4.83. The molecule has 0 saturated heterocycles. The normalized spacial score (nSPS) is 10.2. The van der Waals surface area contributed by atoms with Crippen LogP contribution in [0.2, 0.25) is 0 Å². The second kappa shape index (κ2) is 9.02. The van der Waals surface area contributed by atoms with Gasteiger partial charge in [-0.1, -0.05) is 0 Å². The molecule has 0 atom stereocenters. The lowest BCUT2D eigenvalue weighted by Gasteiger charge is -2.20. The first kappa shape index (κ1) is 17.9. The minimum absolute atomic E-state index is 0.0122. The second-order valence-corrected chi connectivity index (χ2v) is 4.83. The fourth-order valence-corrected chi connectivity index (χ4v) is 2.20. The molecular formula is C16H26N4O2. The number of hydrogen-bond acceptors (Lipinski definition) is 4. The van der Waals surface area contributed by atoms with Gasteiger partial charge in [-0.05, 0) is 39.8 Å². The Morgan fingerprint density at radius 1 is 1.05 bits per heavy atom. The highest BCUT2D eigenvalue weighted by atomic mass is 16.2. The molecule has 0 aromatic carbocycles. The first-order valence-corrected chi connectivity index (χ1v) is 7.84. The van der Waals surface area contributed by atoms with Crippen molar-refractivity contribution in [2.75, 3.05) is 37.6 Å². The van der Waals surface area contributed by atoms with Crippen LogP contribution in [0.15, 0.2) is 18.3 Å². The maximum absolute atomic E-state index is 12.0. The SMILES string of the molecule is CCN(CC)C(=O)CNC(=O)c1ccc(N(CC)CC)nc1. The molecule has 6 heteroatoms. The number of anilines is 1. The van der Waals surface area contributed by atoms with E-state index in [0.29, 0.717) is 18.7 Å². The lowest BCUT2D eigenvalue weighted by molar-refractivity contribution is -0.129. The maximum atomic E-state index is 12.0. The average molecular weight is 306 g/mol. The van der Waals surface area contributed by atoms with Crippen molar-refractivity contribution >= 4 is 17.6 Å². The van der Waals surface area contributed by atoms with Gasteiger partial charge in [-0.15, -0.1) is 0 Å². The molecule has 1 N–H and O–H groups in total. The Morgan fingerprint density at radius 2 is 1.68 bits per heavy atom. The summed E-state index contributed by atoms with van der Waals surface area (Å²) < 4.78 is 0. The third-order valence-electron chi connectivity index (χ3n) is 3.61. The van der Waals surface area contributed by atoms with Gasteiger partial charge >= 0.3 is 0 Å². The van der Waals surface area contributed by atoms with Gasteiger partial charge in [-0.25, -0.2) is 4.98 Å². The summed E-state index contributed by atoms with van der Waals surface area (Å²) >= 11 is 0. The van der Waals surface area contributed by atoms with E-state index < -0.39 is 0 Å². The first-order chi connectivity index (χ1) is 10.6. The Balaban J connectivity index is 2.61. The Kier molecular flexibility index (Phi) is 7.36. The molecule has 1 rings (SSSR count). The van der Waals surface area contributed by atoms with E-state index >= 15 is 0 Å². The van der Waals surface area contributed by atoms with E-state index in [0.717, 1.165) is 18.9 Å². The molecule has 0 radical (unpaired) electrons. The number of aromatic nitrogens is 1. The summed E-state index contributed by atoms with van der Waals surface area (Å²) in [6, 6.07) is 3.56. The number of carbonyl (C=O) groups excluding carboxylic acids is 2. The standard InChI is InChI=1S/C16H26N4O2/c1-5-19(6-2)14-10-9-13(11-17-14)16(22)18-12-15(21)20(7-3)8-4/h9-11H,5-8,12H2,1-4H3,(H,18,22). The van der Waals surface area contributed by atoms with Gasteiger partial charge < -0.3 is 15.1 Å². The van der Waals surface area contributed by atoms with E-state index in [9.17, 15) is 9.59 Å². The van der Waals surface area contributed by atoms with Gasteiger partial charge in [0, 0.05) is 32.4 Å². The van der Waals surface area contributed by atoms with Crippen molar-refractivity contribution in [1.82, 2.24) is 15.2 Å². The quantitative estimate of drug-likeness (QED) is 0.791. The van der Waals surface area contributed by atoms with Gasteiger partial charge in [0.1, 0.15) is 5.82 Å². The van der Waals surface area contributed by atoms with Crippen molar-refractivity contribution in [2.24, 2.45) is 0 Å². The topological polar surface area (TPSA) is 65.5 Å². The third-order valence-corrected chi connectivity index (χ3v) is 3.61. The number of amides is 2. The Bertz CT molecular complexity index is 479. The Morgan fingerprint density at radius 3 is 2.14 bits per heavy atom. The molecule has 0 spiro atoms. The zero-order valence-electron chi connectivity index (χ0n) is 13.9. The molecule has 122 valence electrons. The minimum Gasteiger partial charge on any atom is -0.357 e. The fraction of sp³-hybridized carbons (Fsp3) is 0.562. The number of hydrogen-bond donors (Lipinski definition) is 1. The van der Waals surface area contributed by atoms with Crippen molar-refractivity contribution < 1.29 is 9.59 Å². The molecule has 1 aromatic heterocycles. The molecule has 0 bridgehead atoms. The minimum atomic E-state index is -0.279. The van der Waals surface area contributed by atoms with Gasteiger partial charge in [0.15, 0.2) is 0 Å². The summed E-state index contributed by atoms with van der Waals surface area (Å²) in [5.74, 6) is 0.492. The van der Waals surface area contributed by atoms with Crippen LogP contribution in [0.4, 0.5) is 5.82 Å². The molecule has 0 aliphatic rings. The average Bonchev–Trinajstić information content (AvgIpc) is 2.55. The van der Waals surface area contributed by atoms with Gasteiger partial charge in [-0.2, -0.15) is 0 Å². The van der Waals surface area contributed by atoms with Crippen LogP contribution >= 0.6 is 0 Å². The lowest BCUT2D eigenvalue weighted by Crippen LogP contribution is -2.40. The summed E-state index contributed by atoms with van der Waals surface area (Å²) in [4.78, 5) is 32.0. The van der Waals surface area contributed by atoms with Crippen molar-refractivity contribution in [3.63, 3.8) is 0 Å². The van der Waals surface area contributed by atoms with Crippen LogP contribution in [0.5, 0.6) is 0 Å². The number of rotatable bonds is 8. The number of nitrogens with one attached hydrogen (secondary N) is 1. The third kappa shape index (κ3) is 4.72. The van der Waals surface area contributed by atoms with E-state index in [1.807, 2.05) is 19.9 Å². The van der Waals surface area contributed by atoms with Crippen LogP contribution in [-0.2, 0) is 4.79 Å². The molecule has 1 aromatic rings. The summed E-state index contributed by atoms with van der Waals surface area (Å²) in [6.45, 7) is 11.0. The Labute approximate surface area is 132 Å². The van der Waals surface area contributed by atoms with E-state index in [4.69, 9.17) is 0 Å². The predicted molar refractivity (Wildman–Crippen MR) is 88.1 cm³/mol. The fourth-order valence-electron chi connectivity index (χ4n) is 2.20. The molecule has 1 heterocycles. The largest absolute Gasteiger partial charge is 0.357 e. The summed E-state index contributed by atoms with van der Waals surface area (Å²) in [6.07, 6.45) is 1.55. The van der Waals surface area contributed by atoms with E-state index in [-0.39, 0.29) is 18.4 Å². The van der Waals surface area contributed by atoms with Gasteiger partial charge in [0.2, 0.25) is 5.91 Å². The molecule has 6 nitrogen and oxygen atoms in total. The van der Waals surface area contributed by atoms with Crippen molar-refractivity contribution in [2.45, 2.75) is 27.7 Å². The van der Waals surface area contributed by atoms with Crippen LogP contribution in [0.1, 0.15) is 38.1 Å². The highest BCUT2D eigenvalue weighted by Gasteiger charge is 2.13. The predicted octanol–water partition coefficient (Wildman–Crippen LogP) is 1.53. The van der Waals surface area contributed by atoms with Gasteiger partial charge in [0.05, 0.1) is 12.1 Å². The molecule has 22 heavy (non-hydrogen) atoms. The first-order valence-electron chi connectivity index (χ1n) is 7.84. The molecule has 2 amide bonds. The number of carbonyl (C=O) groups is 2. The smallest absolute Gasteiger partial charge is 0.253 e. The highest BCUT2D eigenvalue weighted by molar-refractivity contribution is 5.96. The van der Waals surface area contributed by atoms with Crippen molar-refractivity contribution in [3.8, 4) is 0 Å². The van der Waals surface area contributed by atoms with Crippen molar-refractivity contribution in [1.29, 1.82) is 0 Å². The molecule has 0 unspecified atom stereocenters. The summed E-state index contributed by atoms with van der Waals surface area (Å²) in [5, 5.41) is 2.64. The molecular weight excluding hydrogens is 280 g/mol. The van der Waals surface area contributed by atoms with E-state index in [1.54, 1.807) is 17.2 Å². The highest BCUT2D eigenvalue weighted by Crippen LogP contribution is 2.10. The maximum Gasteiger partial charge on any atom is 0.253 e. The number of likely N-dealkylation sites (N-methyl/N-ethyl adjacent to an activating group) is 1. The van der Waals surface area contributed by atoms with Crippen LogP contribution < -0.4 is 10.2 Å². The van der Waals surface area contributed by atoms with E-state index in [1.165, 1.54) is 0 Å². The molecule has 0 aliphatic carbocycles. The van der Waals surface area contributed by atoms with Crippen LogP contribution in [0.25, 0.3) is 0 Å². The molecule has 0 aliphatic heterocycles. The van der Waals surface area contributed by atoms with Gasteiger partial charge in [0.25, 0.3) is 5.91 Å². The number of pyridine rings is 1. The lowest BCUT2D eigenvalue weighted by atomic mass is 10.2. The van der Waals surface area contributed by atoms with Crippen LogP contribution in [0, 0.1) is 0 Å². The summed E-state index contributed by atoms with van der Waals surface area (Å²) in [5.41, 5.74) is 0.461.